The monoisotopic (exact) mass is 609 g/mol. The van der Waals surface area contributed by atoms with Crippen LogP contribution in [-0.2, 0) is 26.2 Å². The van der Waals surface area contributed by atoms with Crippen LogP contribution in [0.25, 0.3) is 0 Å². The van der Waals surface area contributed by atoms with Gasteiger partial charge in [0.2, 0.25) is 11.8 Å². The molecule has 2 amide bonds. The Morgan fingerprint density at radius 3 is 2.18 bits per heavy atom. The van der Waals surface area contributed by atoms with Crippen LogP contribution in [0.2, 0.25) is 15.1 Å². The van der Waals surface area contributed by atoms with Crippen molar-refractivity contribution < 1.29 is 18.0 Å². The van der Waals surface area contributed by atoms with Crippen molar-refractivity contribution in [3.05, 3.63) is 92.9 Å². The van der Waals surface area contributed by atoms with Crippen LogP contribution in [0.3, 0.4) is 0 Å². The highest BCUT2D eigenvalue weighted by Crippen LogP contribution is 2.29. The lowest BCUT2D eigenvalue weighted by Crippen LogP contribution is -2.52. The number of rotatable bonds is 11. The van der Waals surface area contributed by atoms with Gasteiger partial charge in [0.15, 0.2) is 0 Å². The van der Waals surface area contributed by atoms with Crippen molar-refractivity contribution in [1.29, 1.82) is 0 Å². The van der Waals surface area contributed by atoms with Crippen LogP contribution in [0.4, 0.5) is 5.69 Å². The van der Waals surface area contributed by atoms with Gasteiger partial charge in [0.25, 0.3) is 10.0 Å². The van der Waals surface area contributed by atoms with Gasteiger partial charge in [0.05, 0.1) is 20.6 Å². The van der Waals surface area contributed by atoms with Gasteiger partial charge in [0, 0.05) is 18.1 Å². The van der Waals surface area contributed by atoms with Crippen LogP contribution in [0.5, 0.6) is 0 Å². The van der Waals surface area contributed by atoms with Gasteiger partial charge in [-0.2, -0.15) is 0 Å². The summed E-state index contributed by atoms with van der Waals surface area (Å²) in [6, 6.07) is 16.7. The highest BCUT2D eigenvalue weighted by Gasteiger charge is 2.33. The molecule has 11 heteroatoms. The highest BCUT2D eigenvalue weighted by molar-refractivity contribution is 7.92. The number of nitrogens with zero attached hydrogens (tertiary/aromatic N) is 2. The normalized spacial score (nSPS) is 12.1. The van der Waals surface area contributed by atoms with Crippen molar-refractivity contribution in [2.75, 3.05) is 17.4 Å². The molecule has 1 atom stereocenters. The minimum Gasteiger partial charge on any atom is -0.355 e. The third-order valence-electron chi connectivity index (χ3n) is 6.13. The second kappa shape index (κ2) is 13.5. The lowest BCUT2D eigenvalue weighted by atomic mass is 10.1. The Kier molecular flexibility index (Phi) is 10.7. The number of likely N-dealkylation sites (N-methyl/N-ethyl adjacent to an activating group) is 1. The van der Waals surface area contributed by atoms with Gasteiger partial charge in [-0.15, -0.1) is 0 Å². The molecule has 0 saturated carbocycles. The zero-order valence-electron chi connectivity index (χ0n) is 21.8. The molecule has 39 heavy (non-hydrogen) atoms. The largest absolute Gasteiger partial charge is 0.355 e. The molecule has 0 aliphatic heterocycles. The lowest BCUT2D eigenvalue weighted by molar-refractivity contribution is -0.140. The van der Waals surface area contributed by atoms with Crippen molar-refractivity contribution in [2.24, 2.45) is 0 Å². The van der Waals surface area contributed by atoms with Crippen molar-refractivity contribution in [3.63, 3.8) is 0 Å². The predicted octanol–water partition coefficient (Wildman–Crippen LogP) is 6.09. The van der Waals surface area contributed by atoms with Gasteiger partial charge in [-0.25, -0.2) is 8.42 Å². The fraction of sp³-hybridized carbons (Fsp3) is 0.286. The van der Waals surface area contributed by atoms with Crippen molar-refractivity contribution in [1.82, 2.24) is 10.2 Å². The minimum atomic E-state index is -4.17. The number of halogens is 3. The summed E-state index contributed by atoms with van der Waals surface area (Å²) in [5, 5.41) is 3.77. The van der Waals surface area contributed by atoms with Crippen LogP contribution in [0.15, 0.2) is 71.6 Å². The van der Waals surface area contributed by atoms with E-state index in [2.05, 4.69) is 5.32 Å². The minimum absolute atomic E-state index is 0.0131. The van der Waals surface area contributed by atoms with Crippen LogP contribution in [0, 0.1) is 6.92 Å². The van der Waals surface area contributed by atoms with E-state index in [1.807, 2.05) is 0 Å². The third-order valence-corrected chi connectivity index (χ3v) is 9.06. The number of anilines is 1. The first-order chi connectivity index (χ1) is 18.5. The summed E-state index contributed by atoms with van der Waals surface area (Å²) >= 11 is 18.6. The molecule has 3 aromatic rings. The number of hydrogen-bond donors (Lipinski definition) is 1. The number of sulfonamides is 1. The second-order valence-corrected chi connectivity index (χ2v) is 11.9. The number of amides is 2. The van der Waals surface area contributed by atoms with Crippen LogP contribution < -0.4 is 9.62 Å². The molecule has 0 aromatic heterocycles. The number of carbonyl (C=O) groups is 2. The first kappa shape index (κ1) is 30.8. The highest BCUT2D eigenvalue weighted by atomic mass is 35.5. The molecule has 0 heterocycles. The quantitative estimate of drug-likeness (QED) is 0.285. The average molecular weight is 611 g/mol. The summed E-state index contributed by atoms with van der Waals surface area (Å²) in [6.07, 6.45) is 0.306. The van der Waals surface area contributed by atoms with Gasteiger partial charge in [-0.3, -0.25) is 13.9 Å². The zero-order chi connectivity index (χ0) is 28.7. The maximum absolute atomic E-state index is 14.0. The summed E-state index contributed by atoms with van der Waals surface area (Å²) in [4.78, 5) is 28.3. The molecule has 0 spiro atoms. The van der Waals surface area contributed by atoms with E-state index in [-0.39, 0.29) is 23.0 Å². The Hall–Kier alpha value is -2.78. The van der Waals surface area contributed by atoms with E-state index in [0.29, 0.717) is 33.6 Å². The number of aryl methyl sites for hydroxylation is 1. The first-order valence-electron chi connectivity index (χ1n) is 12.3. The molecule has 3 aromatic carbocycles. The summed E-state index contributed by atoms with van der Waals surface area (Å²) in [5.74, 6) is -0.917. The van der Waals surface area contributed by atoms with Crippen molar-refractivity contribution >= 4 is 62.3 Å². The van der Waals surface area contributed by atoms with Crippen LogP contribution >= 0.6 is 34.8 Å². The number of benzene rings is 3. The van der Waals surface area contributed by atoms with E-state index < -0.39 is 28.5 Å². The number of carbonyl (C=O) groups excluding carboxylic acids is 2. The molecule has 3 rings (SSSR count). The SMILES string of the molecule is CCNC(=O)[C@H](CC)N(Cc1ccc(Cl)c(Cl)c1)C(=O)CN(c1ccc(C)c(Cl)c1)S(=O)(=O)c1ccccc1. The Morgan fingerprint density at radius 2 is 1.59 bits per heavy atom. The predicted molar refractivity (Wildman–Crippen MR) is 157 cm³/mol. The van der Waals surface area contributed by atoms with E-state index in [9.17, 15) is 18.0 Å². The smallest absolute Gasteiger partial charge is 0.264 e. The molecule has 208 valence electrons. The van der Waals surface area contributed by atoms with Crippen LogP contribution in [-0.4, -0.2) is 44.3 Å². The lowest BCUT2D eigenvalue weighted by Gasteiger charge is -2.33. The fourth-order valence-electron chi connectivity index (χ4n) is 4.03. The first-order valence-corrected chi connectivity index (χ1v) is 14.9. The molecule has 0 saturated heterocycles. The average Bonchev–Trinajstić information content (AvgIpc) is 2.91. The standard InChI is InChI=1S/C28H30Cl3N3O4S/c1-4-26(28(36)32-5-2)33(17-20-12-14-23(29)25(31)15-20)27(35)18-34(21-13-11-19(3)24(30)16-21)39(37,38)22-9-7-6-8-10-22/h6-16,26H,4-5,17-18H2,1-3H3,(H,32,36)/t26-/m0/s1. The van der Waals surface area contributed by atoms with Gasteiger partial charge in [-0.1, -0.05) is 72.1 Å². The maximum atomic E-state index is 14.0. The number of nitrogens with one attached hydrogen (secondary N) is 1. The summed E-state index contributed by atoms with van der Waals surface area (Å²) < 4.78 is 28.6. The Morgan fingerprint density at radius 1 is 0.897 bits per heavy atom. The molecular formula is C28H30Cl3N3O4S. The molecule has 0 radical (unpaired) electrons. The van der Waals surface area contributed by atoms with Gasteiger partial charge in [0.1, 0.15) is 12.6 Å². The number of hydrogen-bond acceptors (Lipinski definition) is 4. The molecular weight excluding hydrogens is 581 g/mol. The molecule has 7 nitrogen and oxygen atoms in total. The summed E-state index contributed by atoms with van der Waals surface area (Å²) in [5.41, 5.74) is 1.62. The van der Waals surface area contributed by atoms with E-state index in [4.69, 9.17) is 34.8 Å². The van der Waals surface area contributed by atoms with Gasteiger partial charge < -0.3 is 10.2 Å². The van der Waals surface area contributed by atoms with E-state index in [1.54, 1.807) is 69.3 Å². The van der Waals surface area contributed by atoms with E-state index in [1.165, 1.54) is 23.1 Å². The van der Waals surface area contributed by atoms with Crippen LogP contribution in [0.1, 0.15) is 31.4 Å². The maximum Gasteiger partial charge on any atom is 0.264 e. The Labute approximate surface area is 244 Å². The third kappa shape index (κ3) is 7.45. The molecule has 0 aliphatic rings. The topological polar surface area (TPSA) is 86.8 Å². The van der Waals surface area contributed by atoms with Crippen molar-refractivity contribution in [3.8, 4) is 0 Å². The Bertz CT molecular complexity index is 1440. The van der Waals surface area contributed by atoms with E-state index >= 15 is 0 Å². The second-order valence-electron chi connectivity index (χ2n) is 8.85. The summed E-state index contributed by atoms with van der Waals surface area (Å²) in [7, 11) is -4.17. The summed E-state index contributed by atoms with van der Waals surface area (Å²) in [6.45, 7) is 5.19. The fourth-order valence-corrected chi connectivity index (χ4v) is 5.95. The molecule has 1 N–H and O–H groups in total. The molecule has 0 fully saturated rings. The molecule has 0 bridgehead atoms. The van der Waals surface area contributed by atoms with Gasteiger partial charge in [-0.05, 0) is 67.8 Å². The van der Waals surface area contributed by atoms with Gasteiger partial charge >= 0.3 is 0 Å². The van der Waals surface area contributed by atoms with E-state index in [0.717, 1.165) is 9.87 Å². The molecule has 0 aliphatic carbocycles. The van der Waals surface area contributed by atoms with Crippen molar-refractivity contribution in [2.45, 2.75) is 44.7 Å². The Balaban J connectivity index is 2.08. The molecule has 0 unspecified atom stereocenters. The zero-order valence-corrected chi connectivity index (χ0v) is 24.9.